The first-order chi connectivity index (χ1) is 8.42. The molecule has 0 saturated heterocycles. The van der Waals surface area contributed by atoms with Crippen molar-refractivity contribution in [2.75, 3.05) is 18.4 Å². The van der Waals surface area contributed by atoms with Crippen LogP contribution in [0.1, 0.15) is 12.5 Å². The molecular formula is C12H15FN2O3. The molecule has 0 fully saturated rings. The molecule has 0 heterocycles. The summed E-state index contributed by atoms with van der Waals surface area (Å²) in [7, 11) is 0. The fourth-order valence-electron chi connectivity index (χ4n) is 1.50. The number of hydrogen-bond acceptors (Lipinski definition) is 2. The highest BCUT2D eigenvalue weighted by atomic mass is 19.1. The van der Waals surface area contributed by atoms with Crippen LogP contribution in [0.2, 0.25) is 0 Å². The second kappa shape index (κ2) is 6.00. The number of halogens is 1. The maximum absolute atomic E-state index is 13.1. The van der Waals surface area contributed by atoms with E-state index in [1.165, 1.54) is 12.1 Å². The molecule has 5 nitrogen and oxygen atoms in total. The molecule has 0 radical (unpaired) electrons. The number of carbonyl (C=O) groups is 2. The minimum absolute atomic E-state index is 0.256. The maximum Gasteiger partial charge on any atom is 0.323 e. The normalized spacial score (nSPS) is 9.94. The quantitative estimate of drug-likeness (QED) is 0.864. The van der Waals surface area contributed by atoms with Crippen molar-refractivity contribution in [1.29, 1.82) is 0 Å². The Kier molecular flexibility index (Phi) is 4.65. The summed E-state index contributed by atoms with van der Waals surface area (Å²) in [5, 5.41) is 11.1. The number of nitrogens with one attached hydrogen (secondary N) is 1. The average Bonchev–Trinajstić information content (AvgIpc) is 2.23. The number of carboxylic acid groups (broad SMARTS) is 1. The van der Waals surface area contributed by atoms with E-state index in [4.69, 9.17) is 5.11 Å². The fourth-order valence-corrected chi connectivity index (χ4v) is 1.50. The Hall–Kier alpha value is -2.11. The molecule has 1 aromatic rings. The SMILES string of the molecule is CCN(CC(=O)O)C(=O)Nc1cc(C)cc(F)c1. The third kappa shape index (κ3) is 4.04. The maximum atomic E-state index is 13.1. The van der Waals surface area contributed by atoms with Gasteiger partial charge in [0.1, 0.15) is 12.4 Å². The molecule has 0 bridgehead atoms. The van der Waals surface area contributed by atoms with Crippen LogP contribution in [-0.2, 0) is 4.79 Å². The van der Waals surface area contributed by atoms with E-state index in [1.807, 2.05) is 0 Å². The summed E-state index contributed by atoms with van der Waals surface area (Å²) >= 11 is 0. The van der Waals surface area contributed by atoms with Crippen LogP contribution in [0.4, 0.5) is 14.9 Å². The van der Waals surface area contributed by atoms with Crippen LogP contribution < -0.4 is 5.32 Å². The number of amides is 2. The second-order valence-electron chi connectivity index (χ2n) is 3.86. The van der Waals surface area contributed by atoms with Crippen LogP contribution in [0, 0.1) is 12.7 Å². The van der Waals surface area contributed by atoms with Gasteiger partial charge in [-0.1, -0.05) is 0 Å². The van der Waals surface area contributed by atoms with Gasteiger partial charge in [-0.05, 0) is 37.6 Å². The number of rotatable bonds is 4. The summed E-state index contributed by atoms with van der Waals surface area (Å²) in [6.45, 7) is 3.23. The summed E-state index contributed by atoms with van der Waals surface area (Å²) in [6, 6.07) is 3.56. The van der Waals surface area contributed by atoms with E-state index >= 15 is 0 Å². The third-order valence-electron chi connectivity index (χ3n) is 2.29. The van der Waals surface area contributed by atoms with E-state index in [9.17, 15) is 14.0 Å². The molecule has 1 rings (SSSR count). The number of carbonyl (C=O) groups excluding carboxylic acids is 1. The van der Waals surface area contributed by atoms with Gasteiger partial charge in [-0.3, -0.25) is 4.79 Å². The van der Waals surface area contributed by atoms with Gasteiger partial charge in [-0.25, -0.2) is 9.18 Å². The molecule has 0 aromatic heterocycles. The molecule has 2 amide bonds. The minimum atomic E-state index is -1.09. The molecule has 1 aromatic carbocycles. The van der Waals surface area contributed by atoms with E-state index in [-0.39, 0.29) is 6.54 Å². The first-order valence-electron chi connectivity index (χ1n) is 5.47. The molecule has 0 aliphatic rings. The number of urea groups is 1. The number of aryl methyl sites for hydroxylation is 1. The number of likely N-dealkylation sites (N-methyl/N-ethyl adjacent to an activating group) is 1. The highest BCUT2D eigenvalue weighted by molar-refractivity contribution is 5.91. The minimum Gasteiger partial charge on any atom is -0.480 e. The number of nitrogens with zero attached hydrogens (tertiary/aromatic N) is 1. The number of aliphatic carboxylic acids is 1. The Balaban J connectivity index is 2.76. The second-order valence-corrected chi connectivity index (χ2v) is 3.86. The molecule has 0 atom stereocenters. The van der Waals surface area contributed by atoms with Crippen molar-refractivity contribution in [2.24, 2.45) is 0 Å². The van der Waals surface area contributed by atoms with Gasteiger partial charge in [0.2, 0.25) is 0 Å². The van der Waals surface area contributed by atoms with Gasteiger partial charge < -0.3 is 15.3 Å². The van der Waals surface area contributed by atoms with Crippen molar-refractivity contribution in [3.8, 4) is 0 Å². The van der Waals surface area contributed by atoms with E-state index in [1.54, 1.807) is 19.9 Å². The van der Waals surface area contributed by atoms with Crippen molar-refractivity contribution >= 4 is 17.7 Å². The van der Waals surface area contributed by atoms with Crippen LogP contribution in [0.25, 0.3) is 0 Å². The van der Waals surface area contributed by atoms with Gasteiger partial charge in [0.15, 0.2) is 0 Å². The fraction of sp³-hybridized carbons (Fsp3) is 0.333. The third-order valence-corrected chi connectivity index (χ3v) is 2.29. The van der Waals surface area contributed by atoms with Crippen molar-refractivity contribution in [2.45, 2.75) is 13.8 Å². The zero-order chi connectivity index (χ0) is 13.7. The van der Waals surface area contributed by atoms with Gasteiger partial charge in [0.25, 0.3) is 0 Å². The lowest BCUT2D eigenvalue weighted by Crippen LogP contribution is -2.38. The van der Waals surface area contributed by atoms with Crippen molar-refractivity contribution in [1.82, 2.24) is 4.90 Å². The van der Waals surface area contributed by atoms with Gasteiger partial charge in [-0.2, -0.15) is 0 Å². The first kappa shape index (κ1) is 14.0. The molecule has 2 N–H and O–H groups in total. The molecule has 18 heavy (non-hydrogen) atoms. The van der Waals surface area contributed by atoms with E-state index in [2.05, 4.69) is 5.32 Å². The Morgan fingerprint density at radius 3 is 2.56 bits per heavy atom. The van der Waals surface area contributed by atoms with Crippen LogP contribution >= 0.6 is 0 Å². The lowest BCUT2D eigenvalue weighted by Gasteiger charge is -2.19. The molecule has 0 spiro atoms. The Bertz CT molecular complexity index is 442. The predicted octanol–water partition coefficient (Wildman–Crippen LogP) is 2.07. The molecule has 98 valence electrons. The monoisotopic (exact) mass is 254 g/mol. The molecule has 0 saturated carbocycles. The molecule has 0 aliphatic carbocycles. The lowest BCUT2D eigenvalue weighted by atomic mass is 10.2. The van der Waals surface area contributed by atoms with Crippen LogP contribution in [0.15, 0.2) is 18.2 Å². The van der Waals surface area contributed by atoms with Crippen LogP contribution in [-0.4, -0.2) is 35.1 Å². The van der Waals surface area contributed by atoms with Crippen molar-refractivity contribution in [3.05, 3.63) is 29.6 Å². The highest BCUT2D eigenvalue weighted by Gasteiger charge is 2.15. The smallest absolute Gasteiger partial charge is 0.323 e. The Labute approximate surface area is 104 Å². The first-order valence-corrected chi connectivity index (χ1v) is 5.47. The summed E-state index contributed by atoms with van der Waals surface area (Å²) in [5.74, 6) is -1.55. The van der Waals surface area contributed by atoms with Crippen LogP contribution in [0.3, 0.4) is 0 Å². The summed E-state index contributed by atoms with van der Waals surface area (Å²) in [6.07, 6.45) is 0. The summed E-state index contributed by atoms with van der Waals surface area (Å²) < 4.78 is 13.1. The standard InChI is InChI=1S/C12H15FN2O3/c1-3-15(7-11(16)17)12(18)14-10-5-8(2)4-9(13)6-10/h4-6H,3,7H2,1-2H3,(H,14,18)(H,16,17). The van der Waals surface area contributed by atoms with Gasteiger partial charge in [0, 0.05) is 12.2 Å². The molecule has 6 heteroatoms. The number of carboxylic acids is 1. The van der Waals surface area contributed by atoms with Gasteiger partial charge in [0.05, 0.1) is 0 Å². The molecule has 0 aliphatic heterocycles. The van der Waals surface area contributed by atoms with Crippen LogP contribution in [0.5, 0.6) is 0 Å². The molecule has 0 unspecified atom stereocenters. The largest absolute Gasteiger partial charge is 0.480 e. The summed E-state index contributed by atoms with van der Waals surface area (Å²) in [5.41, 5.74) is 0.980. The molecular weight excluding hydrogens is 239 g/mol. The van der Waals surface area contributed by atoms with Gasteiger partial charge in [-0.15, -0.1) is 0 Å². The summed E-state index contributed by atoms with van der Waals surface area (Å²) in [4.78, 5) is 23.4. The lowest BCUT2D eigenvalue weighted by molar-refractivity contribution is -0.137. The topological polar surface area (TPSA) is 69.6 Å². The number of hydrogen-bond donors (Lipinski definition) is 2. The average molecular weight is 254 g/mol. The highest BCUT2D eigenvalue weighted by Crippen LogP contribution is 2.13. The Morgan fingerprint density at radius 2 is 2.06 bits per heavy atom. The number of benzene rings is 1. The van der Waals surface area contributed by atoms with Crippen molar-refractivity contribution < 1.29 is 19.1 Å². The van der Waals surface area contributed by atoms with Gasteiger partial charge >= 0.3 is 12.0 Å². The van der Waals surface area contributed by atoms with E-state index in [0.717, 1.165) is 4.90 Å². The predicted molar refractivity (Wildman–Crippen MR) is 65.0 cm³/mol. The zero-order valence-electron chi connectivity index (χ0n) is 10.2. The van der Waals surface area contributed by atoms with E-state index in [0.29, 0.717) is 11.3 Å². The van der Waals surface area contributed by atoms with E-state index < -0.39 is 24.4 Å². The van der Waals surface area contributed by atoms with Crippen molar-refractivity contribution in [3.63, 3.8) is 0 Å². The Morgan fingerprint density at radius 1 is 1.39 bits per heavy atom. The number of anilines is 1. The zero-order valence-corrected chi connectivity index (χ0v) is 10.2.